The van der Waals surface area contributed by atoms with Crippen molar-refractivity contribution in [2.75, 3.05) is 26.2 Å². The topological polar surface area (TPSA) is 77.2 Å². The maximum absolute atomic E-state index is 9.78. The van der Waals surface area contributed by atoms with E-state index in [0.29, 0.717) is 13.1 Å². The molecule has 5 nitrogen and oxygen atoms in total. The SMILES string of the molecule is Cc1cccc(O)c1C=NCCNCCN=Cc1c(C)cccc1O. The minimum Gasteiger partial charge on any atom is -0.507 e. The molecule has 0 saturated heterocycles. The fraction of sp³-hybridized carbons (Fsp3) is 0.300. The molecule has 0 radical (unpaired) electrons. The van der Waals surface area contributed by atoms with Gasteiger partial charge in [-0.2, -0.15) is 0 Å². The van der Waals surface area contributed by atoms with Crippen molar-refractivity contribution in [1.82, 2.24) is 5.32 Å². The summed E-state index contributed by atoms with van der Waals surface area (Å²) in [5.41, 5.74) is 3.55. The van der Waals surface area contributed by atoms with Gasteiger partial charge in [-0.05, 0) is 37.1 Å². The van der Waals surface area contributed by atoms with Crippen molar-refractivity contribution in [2.45, 2.75) is 13.8 Å². The first-order valence-corrected chi connectivity index (χ1v) is 8.37. The largest absolute Gasteiger partial charge is 0.507 e. The Balaban J connectivity index is 1.67. The summed E-state index contributed by atoms with van der Waals surface area (Å²) in [6.45, 7) is 6.65. The second kappa shape index (κ2) is 9.59. The van der Waals surface area contributed by atoms with Crippen molar-refractivity contribution < 1.29 is 10.2 Å². The molecule has 25 heavy (non-hydrogen) atoms. The lowest BCUT2D eigenvalue weighted by Crippen LogP contribution is -2.20. The molecule has 0 atom stereocenters. The van der Waals surface area contributed by atoms with Crippen LogP contribution in [0, 0.1) is 13.8 Å². The number of rotatable bonds is 8. The van der Waals surface area contributed by atoms with Crippen LogP contribution in [0.4, 0.5) is 0 Å². The second-order valence-electron chi connectivity index (χ2n) is 5.84. The molecule has 0 unspecified atom stereocenters. The van der Waals surface area contributed by atoms with E-state index in [1.165, 1.54) is 0 Å². The molecule has 132 valence electrons. The number of hydrogen-bond acceptors (Lipinski definition) is 5. The highest BCUT2D eigenvalue weighted by Crippen LogP contribution is 2.18. The second-order valence-corrected chi connectivity index (χ2v) is 5.84. The molecule has 3 N–H and O–H groups in total. The normalized spacial score (nSPS) is 11.6. The van der Waals surface area contributed by atoms with Crippen LogP contribution in [0.25, 0.3) is 0 Å². The van der Waals surface area contributed by atoms with Gasteiger partial charge in [0.1, 0.15) is 11.5 Å². The fourth-order valence-corrected chi connectivity index (χ4v) is 2.39. The van der Waals surface area contributed by atoms with E-state index in [9.17, 15) is 10.2 Å². The number of hydrogen-bond donors (Lipinski definition) is 3. The highest BCUT2D eigenvalue weighted by atomic mass is 16.3. The van der Waals surface area contributed by atoms with Gasteiger partial charge in [-0.25, -0.2) is 0 Å². The molecule has 0 amide bonds. The molecule has 0 aliphatic rings. The Morgan fingerprint density at radius 3 is 1.64 bits per heavy atom. The summed E-state index contributed by atoms with van der Waals surface area (Å²) >= 11 is 0. The van der Waals surface area contributed by atoms with Crippen molar-refractivity contribution in [3.63, 3.8) is 0 Å². The van der Waals surface area contributed by atoms with Crippen molar-refractivity contribution in [3.05, 3.63) is 58.7 Å². The van der Waals surface area contributed by atoms with Gasteiger partial charge in [0.05, 0.1) is 13.1 Å². The summed E-state index contributed by atoms with van der Waals surface area (Å²) in [7, 11) is 0. The first-order valence-electron chi connectivity index (χ1n) is 8.37. The zero-order valence-electron chi connectivity index (χ0n) is 14.7. The Labute approximate surface area is 148 Å². The van der Waals surface area contributed by atoms with Gasteiger partial charge < -0.3 is 15.5 Å². The lowest BCUT2D eigenvalue weighted by molar-refractivity contribution is 0.473. The zero-order valence-corrected chi connectivity index (χ0v) is 14.7. The van der Waals surface area contributed by atoms with Crippen LogP contribution in [0.5, 0.6) is 11.5 Å². The average Bonchev–Trinajstić information content (AvgIpc) is 2.57. The molecule has 0 fully saturated rings. The summed E-state index contributed by atoms with van der Waals surface area (Å²) in [5.74, 6) is 0.510. The molecule has 0 aromatic heterocycles. The van der Waals surface area contributed by atoms with Crippen molar-refractivity contribution in [2.24, 2.45) is 9.98 Å². The smallest absolute Gasteiger partial charge is 0.124 e. The number of nitrogens with one attached hydrogen (secondary N) is 1. The summed E-state index contributed by atoms with van der Waals surface area (Å²) in [6.07, 6.45) is 3.43. The number of aromatic hydroxyl groups is 2. The zero-order chi connectivity index (χ0) is 18.1. The molecule has 0 heterocycles. The van der Waals surface area contributed by atoms with E-state index in [2.05, 4.69) is 15.3 Å². The predicted octanol–water partition coefficient (Wildman–Crippen LogP) is 2.84. The standard InChI is InChI=1S/C20H25N3O2/c1-15-5-3-7-19(24)17(15)13-22-11-9-21-10-12-23-14-18-16(2)6-4-8-20(18)25/h3-8,13-14,21,24-25H,9-12H2,1-2H3. The number of aliphatic imine (C=N–C) groups is 2. The fourth-order valence-electron chi connectivity index (χ4n) is 2.39. The van der Waals surface area contributed by atoms with Gasteiger partial charge in [0.2, 0.25) is 0 Å². The monoisotopic (exact) mass is 339 g/mol. The van der Waals surface area contributed by atoms with E-state index in [0.717, 1.165) is 35.3 Å². The lowest BCUT2D eigenvalue weighted by atomic mass is 10.1. The van der Waals surface area contributed by atoms with Gasteiger partial charge in [0.25, 0.3) is 0 Å². The molecule has 2 aromatic rings. The molecule has 5 heteroatoms. The first-order chi connectivity index (χ1) is 12.1. The summed E-state index contributed by atoms with van der Waals surface area (Å²) in [5, 5.41) is 22.8. The van der Waals surface area contributed by atoms with E-state index in [1.54, 1.807) is 24.6 Å². The van der Waals surface area contributed by atoms with Crippen LogP contribution in [0.3, 0.4) is 0 Å². The van der Waals surface area contributed by atoms with Crippen LogP contribution in [0.2, 0.25) is 0 Å². The number of benzene rings is 2. The number of phenols is 2. The maximum Gasteiger partial charge on any atom is 0.124 e. The van der Waals surface area contributed by atoms with E-state index in [4.69, 9.17) is 0 Å². The van der Waals surface area contributed by atoms with Crippen molar-refractivity contribution in [3.8, 4) is 11.5 Å². The number of aryl methyl sites for hydroxylation is 2. The Bertz CT molecular complexity index is 651. The first kappa shape index (κ1) is 18.7. The summed E-state index contributed by atoms with van der Waals surface area (Å²) in [4.78, 5) is 8.67. The third-order valence-corrected chi connectivity index (χ3v) is 3.88. The van der Waals surface area contributed by atoms with Crippen LogP contribution in [-0.2, 0) is 0 Å². The van der Waals surface area contributed by atoms with Gasteiger partial charge in [-0.3, -0.25) is 9.98 Å². The van der Waals surface area contributed by atoms with Gasteiger partial charge in [-0.15, -0.1) is 0 Å². The molecule has 0 bridgehead atoms. The van der Waals surface area contributed by atoms with E-state index >= 15 is 0 Å². The molecule has 2 rings (SSSR count). The molecule has 0 aliphatic heterocycles. The van der Waals surface area contributed by atoms with Gasteiger partial charge in [0.15, 0.2) is 0 Å². The van der Waals surface area contributed by atoms with E-state index in [1.807, 2.05) is 38.1 Å². The van der Waals surface area contributed by atoms with E-state index in [-0.39, 0.29) is 11.5 Å². The van der Waals surface area contributed by atoms with Crippen LogP contribution in [0.15, 0.2) is 46.4 Å². The Morgan fingerprint density at radius 2 is 1.24 bits per heavy atom. The molecule has 0 aliphatic carbocycles. The molecule has 0 saturated carbocycles. The molecule has 0 spiro atoms. The minimum atomic E-state index is 0.255. The Kier molecular flexibility index (Phi) is 7.16. The van der Waals surface area contributed by atoms with E-state index < -0.39 is 0 Å². The summed E-state index contributed by atoms with van der Waals surface area (Å²) < 4.78 is 0. The highest BCUT2D eigenvalue weighted by Gasteiger charge is 2.01. The average molecular weight is 339 g/mol. The van der Waals surface area contributed by atoms with Crippen LogP contribution >= 0.6 is 0 Å². The van der Waals surface area contributed by atoms with Gasteiger partial charge in [-0.1, -0.05) is 24.3 Å². The summed E-state index contributed by atoms with van der Waals surface area (Å²) in [6, 6.07) is 10.9. The quantitative estimate of drug-likeness (QED) is 0.511. The van der Waals surface area contributed by atoms with Gasteiger partial charge >= 0.3 is 0 Å². The van der Waals surface area contributed by atoms with Crippen LogP contribution in [0.1, 0.15) is 22.3 Å². The molecular formula is C20H25N3O2. The van der Waals surface area contributed by atoms with Crippen LogP contribution in [-0.4, -0.2) is 48.8 Å². The lowest BCUT2D eigenvalue weighted by Gasteiger charge is -2.03. The van der Waals surface area contributed by atoms with Gasteiger partial charge in [0, 0.05) is 36.6 Å². The number of phenolic OH excluding ortho intramolecular Hbond substituents is 2. The third kappa shape index (κ3) is 5.72. The number of nitrogens with zero attached hydrogens (tertiary/aromatic N) is 2. The Morgan fingerprint density at radius 1 is 0.800 bits per heavy atom. The highest BCUT2D eigenvalue weighted by molar-refractivity contribution is 5.85. The molecular weight excluding hydrogens is 314 g/mol. The van der Waals surface area contributed by atoms with Crippen molar-refractivity contribution >= 4 is 12.4 Å². The minimum absolute atomic E-state index is 0.255. The Hall–Kier alpha value is -2.66. The molecule has 2 aromatic carbocycles. The van der Waals surface area contributed by atoms with Crippen molar-refractivity contribution in [1.29, 1.82) is 0 Å². The predicted molar refractivity (Wildman–Crippen MR) is 103 cm³/mol. The third-order valence-electron chi connectivity index (χ3n) is 3.88. The maximum atomic E-state index is 9.78. The van der Waals surface area contributed by atoms with Crippen LogP contribution < -0.4 is 5.32 Å².